The van der Waals surface area contributed by atoms with Gasteiger partial charge in [0.2, 0.25) is 16.9 Å². The Kier molecular flexibility index (Phi) is 8.27. The minimum atomic E-state index is -5.05. The zero-order chi connectivity index (χ0) is 29.9. The summed E-state index contributed by atoms with van der Waals surface area (Å²) in [4.78, 5) is 25.6. The minimum absolute atomic E-state index is 0.0894. The van der Waals surface area contributed by atoms with Crippen molar-refractivity contribution in [2.45, 2.75) is 20.0 Å². The molecule has 0 spiro atoms. The number of carbonyl (C=O) groups excluding carboxylic acids is 1. The van der Waals surface area contributed by atoms with Crippen LogP contribution in [0.2, 0.25) is 0 Å². The van der Waals surface area contributed by atoms with E-state index in [2.05, 4.69) is 0 Å². The van der Waals surface area contributed by atoms with E-state index in [9.17, 15) is 22.8 Å². The number of ether oxygens (including phenoxy) is 5. The van der Waals surface area contributed by atoms with Crippen LogP contribution < -0.4 is 29.1 Å². The molecule has 3 aromatic carbocycles. The Morgan fingerprint density at radius 3 is 2.15 bits per heavy atom. The van der Waals surface area contributed by atoms with Crippen molar-refractivity contribution in [1.82, 2.24) is 0 Å². The van der Waals surface area contributed by atoms with Crippen molar-refractivity contribution < 1.29 is 46.1 Å². The maximum Gasteiger partial charge on any atom is 0.453 e. The van der Waals surface area contributed by atoms with Crippen molar-refractivity contribution >= 4 is 23.0 Å². The lowest BCUT2D eigenvalue weighted by Gasteiger charge is -2.15. The van der Waals surface area contributed by atoms with Gasteiger partial charge in [-0.1, -0.05) is 12.1 Å². The predicted molar refractivity (Wildman–Crippen MR) is 144 cm³/mol. The summed E-state index contributed by atoms with van der Waals surface area (Å²) in [6, 6.07) is 11.6. The summed E-state index contributed by atoms with van der Waals surface area (Å²) in [5, 5.41) is -0.189. The van der Waals surface area contributed by atoms with Crippen LogP contribution in [0.4, 0.5) is 13.2 Å². The highest BCUT2D eigenvalue weighted by Crippen LogP contribution is 2.40. The number of halogens is 3. The first-order chi connectivity index (χ1) is 19.4. The summed E-state index contributed by atoms with van der Waals surface area (Å²) in [7, 11) is 4.34. The molecule has 0 saturated carbocycles. The maximum atomic E-state index is 13.9. The quantitative estimate of drug-likeness (QED) is 0.129. The van der Waals surface area contributed by atoms with Gasteiger partial charge in [0.1, 0.15) is 17.1 Å². The van der Waals surface area contributed by atoms with Gasteiger partial charge in [0.15, 0.2) is 11.5 Å². The lowest BCUT2D eigenvalue weighted by Crippen LogP contribution is -2.16. The average molecular weight is 571 g/mol. The van der Waals surface area contributed by atoms with Gasteiger partial charge < -0.3 is 28.1 Å². The summed E-state index contributed by atoms with van der Waals surface area (Å²) in [6.45, 7) is 3.38. The van der Waals surface area contributed by atoms with Gasteiger partial charge in [0.25, 0.3) is 5.76 Å². The molecule has 4 aromatic rings. The summed E-state index contributed by atoms with van der Waals surface area (Å²) in [5.41, 5.74) is 0.321. The van der Waals surface area contributed by atoms with E-state index in [1.807, 2.05) is 0 Å². The van der Waals surface area contributed by atoms with E-state index in [-0.39, 0.29) is 16.9 Å². The molecule has 41 heavy (non-hydrogen) atoms. The monoisotopic (exact) mass is 570 g/mol. The lowest BCUT2D eigenvalue weighted by atomic mass is 10.1. The number of carbonyl (C=O) groups is 1. The van der Waals surface area contributed by atoms with Crippen LogP contribution in [-0.4, -0.2) is 27.3 Å². The van der Waals surface area contributed by atoms with Crippen LogP contribution in [0, 0.1) is 13.8 Å². The molecule has 0 unspecified atom stereocenters. The van der Waals surface area contributed by atoms with Crippen molar-refractivity contribution in [2.75, 3.05) is 21.3 Å². The Hall–Kier alpha value is -4.93. The first-order valence-electron chi connectivity index (χ1n) is 12.1. The molecule has 0 aliphatic rings. The van der Waals surface area contributed by atoms with Crippen LogP contribution in [0.25, 0.3) is 17.0 Å². The van der Waals surface area contributed by atoms with E-state index >= 15 is 0 Å². The number of hydrogen-bond acceptors (Lipinski definition) is 8. The second kappa shape index (κ2) is 11.7. The van der Waals surface area contributed by atoms with E-state index < -0.39 is 34.7 Å². The third kappa shape index (κ3) is 6.29. The molecule has 0 fully saturated rings. The Bertz CT molecular complexity index is 1680. The zero-order valence-corrected chi connectivity index (χ0v) is 22.7. The Morgan fingerprint density at radius 1 is 0.854 bits per heavy atom. The number of fused-ring (bicyclic) bond motifs is 1. The lowest BCUT2D eigenvalue weighted by molar-refractivity contribution is -0.154. The zero-order valence-electron chi connectivity index (χ0n) is 22.7. The Balaban J connectivity index is 1.65. The summed E-state index contributed by atoms with van der Waals surface area (Å²) in [5.74, 6) is -2.39. The van der Waals surface area contributed by atoms with Gasteiger partial charge in [0.05, 0.1) is 26.7 Å². The highest BCUT2D eigenvalue weighted by molar-refractivity contribution is 5.90. The molecule has 1 heterocycles. The molecule has 0 N–H and O–H groups in total. The first-order valence-corrected chi connectivity index (χ1v) is 12.1. The summed E-state index contributed by atoms with van der Waals surface area (Å²) in [6.07, 6.45) is -2.52. The SMILES string of the molecule is COc1cc(/C=C/C(=O)Oc2ccc3c(=O)c(Oc4cc(C)ccc4C)c(C(F)(F)F)oc3c2)cc(OC)c1OC. The summed E-state index contributed by atoms with van der Waals surface area (Å²) >= 11 is 0. The number of hydrogen-bond donors (Lipinski definition) is 0. The predicted octanol–water partition coefficient (Wildman–Crippen LogP) is 6.87. The molecule has 0 saturated heterocycles. The van der Waals surface area contributed by atoms with Gasteiger partial charge >= 0.3 is 12.1 Å². The number of benzene rings is 3. The molecule has 4 rings (SSSR count). The molecule has 0 aliphatic heterocycles. The molecule has 0 bridgehead atoms. The van der Waals surface area contributed by atoms with Crippen LogP contribution in [0.1, 0.15) is 22.5 Å². The minimum Gasteiger partial charge on any atom is -0.493 e. The molecule has 1 aromatic heterocycles. The van der Waals surface area contributed by atoms with Gasteiger partial charge in [-0.05, 0) is 66.9 Å². The highest BCUT2D eigenvalue weighted by atomic mass is 19.4. The molecular weight excluding hydrogens is 545 g/mol. The Labute approximate surface area is 232 Å². The van der Waals surface area contributed by atoms with Gasteiger partial charge in [-0.15, -0.1) is 0 Å². The average Bonchev–Trinajstić information content (AvgIpc) is 2.93. The van der Waals surface area contributed by atoms with Crippen LogP contribution >= 0.6 is 0 Å². The van der Waals surface area contributed by atoms with E-state index in [4.69, 9.17) is 28.1 Å². The molecule has 0 amide bonds. The van der Waals surface area contributed by atoms with Crippen LogP contribution in [0.15, 0.2) is 63.8 Å². The number of aryl methyl sites for hydroxylation is 2. The second-order valence-corrected chi connectivity index (χ2v) is 8.83. The van der Waals surface area contributed by atoms with E-state index in [0.717, 1.165) is 17.7 Å². The van der Waals surface area contributed by atoms with E-state index in [0.29, 0.717) is 28.4 Å². The van der Waals surface area contributed by atoms with Gasteiger partial charge in [-0.25, -0.2) is 4.79 Å². The van der Waals surface area contributed by atoms with Crippen molar-refractivity contribution in [3.8, 4) is 34.5 Å². The smallest absolute Gasteiger partial charge is 0.453 e. The molecule has 214 valence electrons. The van der Waals surface area contributed by atoms with E-state index in [1.54, 1.807) is 38.1 Å². The van der Waals surface area contributed by atoms with Crippen LogP contribution in [-0.2, 0) is 11.0 Å². The fourth-order valence-corrected chi connectivity index (χ4v) is 3.94. The van der Waals surface area contributed by atoms with Crippen LogP contribution in [0.3, 0.4) is 0 Å². The maximum absolute atomic E-state index is 13.9. The van der Waals surface area contributed by atoms with Gasteiger partial charge in [0, 0.05) is 12.1 Å². The van der Waals surface area contributed by atoms with Crippen molar-refractivity contribution in [1.29, 1.82) is 0 Å². The van der Waals surface area contributed by atoms with Crippen LogP contribution in [0.5, 0.6) is 34.5 Å². The molecule has 0 atom stereocenters. The second-order valence-electron chi connectivity index (χ2n) is 8.83. The van der Waals surface area contributed by atoms with Crippen molar-refractivity contribution in [3.05, 3.63) is 87.3 Å². The third-order valence-electron chi connectivity index (χ3n) is 5.95. The number of esters is 1. The number of methoxy groups -OCH3 is 3. The van der Waals surface area contributed by atoms with Crippen molar-refractivity contribution in [3.63, 3.8) is 0 Å². The largest absolute Gasteiger partial charge is 0.493 e. The molecule has 0 aliphatic carbocycles. The number of rotatable bonds is 8. The normalized spacial score (nSPS) is 11.5. The topological polar surface area (TPSA) is 93.4 Å². The fraction of sp³-hybridized carbons (Fsp3) is 0.200. The Morgan fingerprint density at radius 2 is 1.54 bits per heavy atom. The number of alkyl halides is 3. The van der Waals surface area contributed by atoms with Gasteiger partial charge in [-0.3, -0.25) is 4.79 Å². The van der Waals surface area contributed by atoms with Crippen molar-refractivity contribution in [2.24, 2.45) is 0 Å². The summed E-state index contributed by atoms with van der Waals surface area (Å²) < 4.78 is 73.4. The first kappa shape index (κ1) is 29.1. The molecule has 8 nitrogen and oxygen atoms in total. The molecule has 11 heteroatoms. The third-order valence-corrected chi connectivity index (χ3v) is 5.95. The standard InChI is InChI=1S/C30H25F3O8/c1-16-6-7-17(2)21(12-16)40-28-26(35)20-10-9-19(15-22(20)41-29(28)30(31,32)33)39-25(34)11-8-18-13-23(36-3)27(38-5)24(14-18)37-4/h6-15H,1-5H3/b11-8+. The fourth-order valence-electron chi connectivity index (χ4n) is 3.94. The van der Waals surface area contributed by atoms with E-state index in [1.165, 1.54) is 45.6 Å². The highest BCUT2D eigenvalue weighted by Gasteiger charge is 2.40. The van der Waals surface area contributed by atoms with Gasteiger partial charge in [-0.2, -0.15) is 13.2 Å². The molecular formula is C30H25F3O8. The molecule has 0 radical (unpaired) electrons.